The summed E-state index contributed by atoms with van der Waals surface area (Å²) in [5.41, 5.74) is 2.25. The molecule has 0 fully saturated rings. The number of rotatable bonds is 0. The number of hydrogen-bond acceptors (Lipinski definition) is 3. The van der Waals surface area contributed by atoms with Crippen molar-refractivity contribution >= 4 is 18.0 Å². The molecule has 3 nitrogen and oxygen atoms in total. The summed E-state index contributed by atoms with van der Waals surface area (Å²) < 4.78 is 1.88. The van der Waals surface area contributed by atoms with E-state index in [0.29, 0.717) is 0 Å². The fourth-order valence-corrected chi connectivity index (χ4v) is 2.30. The molecule has 0 saturated heterocycles. The molecule has 0 aromatic carbocycles. The molecule has 64 valence electrons. The summed E-state index contributed by atoms with van der Waals surface area (Å²) in [5, 5.41) is 5.40. The monoisotopic (exact) mass is 189 g/mol. The van der Waals surface area contributed by atoms with Crippen LogP contribution in [0.15, 0.2) is 34.7 Å². The summed E-state index contributed by atoms with van der Waals surface area (Å²) in [7, 11) is 0. The van der Waals surface area contributed by atoms with Gasteiger partial charge in [-0.05, 0) is 12.1 Å². The Labute approximate surface area is 79.8 Å². The highest BCUT2D eigenvalue weighted by Crippen LogP contribution is 2.32. The van der Waals surface area contributed by atoms with Gasteiger partial charge in [-0.1, -0.05) is 11.8 Å². The minimum absolute atomic E-state index is 0.936. The molecule has 0 aliphatic carbocycles. The van der Waals surface area contributed by atoms with Crippen LogP contribution in [0.2, 0.25) is 0 Å². The minimum Gasteiger partial charge on any atom is -0.253 e. The van der Waals surface area contributed by atoms with Crippen molar-refractivity contribution in [1.82, 2.24) is 9.66 Å². The lowest BCUT2D eigenvalue weighted by atomic mass is 10.2. The van der Waals surface area contributed by atoms with Crippen molar-refractivity contribution in [3.63, 3.8) is 0 Å². The predicted molar refractivity (Wildman–Crippen MR) is 53.5 cm³/mol. The summed E-state index contributed by atoms with van der Waals surface area (Å²) in [4.78, 5) is 4.32. The topological polar surface area (TPSA) is 30.2 Å². The van der Waals surface area contributed by atoms with Gasteiger partial charge >= 0.3 is 0 Å². The zero-order valence-corrected chi connectivity index (χ0v) is 7.66. The lowest BCUT2D eigenvalue weighted by molar-refractivity contribution is 0.769. The number of fused-ring (bicyclic) bond motifs is 3. The van der Waals surface area contributed by atoms with Crippen molar-refractivity contribution < 1.29 is 0 Å². The van der Waals surface area contributed by atoms with Gasteiger partial charge in [0.25, 0.3) is 0 Å². The fraction of sp³-hybridized carbons (Fsp3) is 0.111. The maximum absolute atomic E-state index is 4.32. The van der Waals surface area contributed by atoms with E-state index in [2.05, 4.69) is 10.1 Å². The average Bonchev–Trinajstić information content (AvgIpc) is 2.65. The van der Waals surface area contributed by atoms with Crippen LogP contribution in [-0.2, 0) is 0 Å². The van der Waals surface area contributed by atoms with Crippen LogP contribution in [0.4, 0.5) is 0 Å². The molecule has 3 heterocycles. The van der Waals surface area contributed by atoms with Crippen LogP contribution in [0, 0.1) is 0 Å². The van der Waals surface area contributed by atoms with E-state index in [4.69, 9.17) is 0 Å². The molecule has 0 unspecified atom stereocenters. The highest BCUT2D eigenvalue weighted by molar-refractivity contribution is 8.00. The van der Waals surface area contributed by atoms with Crippen LogP contribution in [0.5, 0.6) is 0 Å². The van der Waals surface area contributed by atoms with E-state index >= 15 is 0 Å². The first-order chi connectivity index (χ1) is 6.45. The van der Waals surface area contributed by atoms with E-state index in [1.165, 1.54) is 5.56 Å². The largest absolute Gasteiger partial charge is 0.253 e. The first-order valence-corrected chi connectivity index (χ1v) is 5.05. The van der Waals surface area contributed by atoms with E-state index < -0.39 is 0 Å². The molecular formula is C9H7N3S. The highest BCUT2D eigenvalue weighted by atomic mass is 32.2. The second-order valence-corrected chi connectivity index (χ2v) is 3.83. The predicted octanol–water partition coefficient (Wildman–Crippen LogP) is 1.93. The van der Waals surface area contributed by atoms with Gasteiger partial charge in [-0.2, -0.15) is 5.10 Å². The Kier molecular flexibility index (Phi) is 1.43. The second kappa shape index (κ2) is 2.60. The van der Waals surface area contributed by atoms with Gasteiger partial charge < -0.3 is 0 Å². The van der Waals surface area contributed by atoms with Crippen molar-refractivity contribution in [2.45, 2.75) is 5.03 Å². The SMILES string of the molecule is C1=Nn2ccc3ccnc-3c2SC1. The van der Waals surface area contributed by atoms with Gasteiger partial charge in [0.05, 0.1) is 0 Å². The molecule has 13 heavy (non-hydrogen) atoms. The van der Waals surface area contributed by atoms with Crippen LogP contribution in [0.1, 0.15) is 0 Å². The third-order valence-electron chi connectivity index (χ3n) is 2.04. The second-order valence-electron chi connectivity index (χ2n) is 2.82. The standard InChI is InChI=1S/C9H7N3S/c1-3-10-8-7(1)2-5-12-9(8)13-6-4-11-12/h1-5H,6H2. The lowest BCUT2D eigenvalue weighted by Gasteiger charge is -2.14. The molecule has 3 aliphatic rings. The summed E-state index contributed by atoms with van der Waals surface area (Å²) in [6, 6.07) is 4.06. The molecule has 0 spiro atoms. The zero-order valence-electron chi connectivity index (χ0n) is 6.84. The molecule has 0 amide bonds. The Morgan fingerprint density at radius 2 is 2.38 bits per heavy atom. The van der Waals surface area contributed by atoms with Crippen molar-refractivity contribution in [3.8, 4) is 11.3 Å². The van der Waals surface area contributed by atoms with E-state index in [9.17, 15) is 0 Å². The lowest BCUT2D eigenvalue weighted by Crippen LogP contribution is -2.04. The Balaban J connectivity index is 2.36. The summed E-state index contributed by atoms with van der Waals surface area (Å²) in [6.45, 7) is 0. The quantitative estimate of drug-likeness (QED) is 0.634. The number of nitrogens with zero attached hydrogens (tertiary/aromatic N) is 3. The van der Waals surface area contributed by atoms with Crippen LogP contribution in [0.25, 0.3) is 11.3 Å². The maximum Gasteiger partial charge on any atom is 0.124 e. The summed E-state index contributed by atoms with van der Waals surface area (Å²) in [5.74, 6) is 0.936. The molecule has 0 N–H and O–H groups in total. The van der Waals surface area contributed by atoms with Gasteiger partial charge in [0.15, 0.2) is 0 Å². The van der Waals surface area contributed by atoms with Crippen LogP contribution >= 0.6 is 11.8 Å². The number of aromatic nitrogens is 2. The van der Waals surface area contributed by atoms with Gasteiger partial charge in [0.2, 0.25) is 0 Å². The van der Waals surface area contributed by atoms with E-state index in [1.54, 1.807) is 11.8 Å². The van der Waals surface area contributed by atoms with Gasteiger partial charge in [-0.15, -0.1) is 0 Å². The number of pyridine rings is 1. The van der Waals surface area contributed by atoms with Gasteiger partial charge in [0.1, 0.15) is 10.7 Å². The van der Waals surface area contributed by atoms with Gasteiger partial charge in [-0.25, -0.2) is 4.68 Å². The fourth-order valence-electron chi connectivity index (χ4n) is 1.45. The smallest absolute Gasteiger partial charge is 0.124 e. The van der Waals surface area contributed by atoms with Gasteiger partial charge in [-0.3, -0.25) is 4.98 Å². The third-order valence-corrected chi connectivity index (χ3v) is 3.01. The Hall–Kier alpha value is -1.29. The Morgan fingerprint density at radius 3 is 3.38 bits per heavy atom. The van der Waals surface area contributed by atoms with Gasteiger partial charge in [0, 0.05) is 29.9 Å². The molecule has 0 radical (unpaired) electrons. The van der Waals surface area contributed by atoms with E-state index in [1.807, 2.05) is 35.4 Å². The van der Waals surface area contributed by atoms with E-state index in [0.717, 1.165) is 16.5 Å². The third kappa shape index (κ3) is 0.986. The minimum atomic E-state index is 0.936. The van der Waals surface area contributed by atoms with Crippen LogP contribution in [0.3, 0.4) is 0 Å². The van der Waals surface area contributed by atoms with Crippen molar-refractivity contribution in [2.24, 2.45) is 5.10 Å². The zero-order chi connectivity index (χ0) is 8.67. The van der Waals surface area contributed by atoms with Crippen molar-refractivity contribution in [3.05, 3.63) is 24.5 Å². The maximum atomic E-state index is 4.32. The molecule has 0 aromatic heterocycles. The normalized spacial score (nSPS) is 14.8. The Bertz CT molecular complexity index is 446. The molecule has 4 heteroatoms. The van der Waals surface area contributed by atoms with Crippen LogP contribution in [-0.4, -0.2) is 21.6 Å². The van der Waals surface area contributed by atoms with Crippen LogP contribution < -0.4 is 0 Å². The first kappa shape index (κ1) is 7.15. The first-order valence-electron chi connectivity index (χ1n) is 4.07. The molecular weight excluding hydrogens is 182 g/mol. The average molecular weight is 189 g/mol. The summed E-state index contributed by atoms with van der Waals surface area (Å²) >= 11 is 1.77. The van der Waals surface area contributed by atoms with Crippen molar-refractivity contribution in [1.29, 1.82) is 0 Å². The highest BCUT2D eigenvalue weighted by Gasteiger charge is 2.14. The molecule has 0 bridgehead atoms. The Morgan fingerprint density at radius 1 is 1.38 bits per heavy atom. The molecule has 0 atom stereocenters. The molecule has 0 saturated carbocycles. The molecule has 3 aliphatic heterocycles. The van der Waals surface area contributed by atoms with E-state index in [-0.39, 0.29) is 0 Å². The summed E-state index contributed by atoms with van der Waals surface area (Å²) in [6.07, 6.45) is 5.72. The number of thioether (sulfide) groups is 1. The number of hydrogen-bond donors (Lipinski definition) is 0. The van der Waals surface area contributed by atoms with Crippen molar-refractivity contribution in [2.75, 3.05) is 5.75 Å². The molecule has 0 aromatic rings. The molecule has 3 rings (SSSR count).